The van der Waals surface area contributed by atoms with Crippen molar-refractivity contribution in [2.75, 3.05) is 13.1 Å². The molecule has 14 heavy (non-hydrogen) atoms. The lowest BCUT2D eigenvalue weighted by molar-refractivity contribution is -0.127. The summed E-state index contributed by atoms with van der Waals surface area (Å²) in [6.07, 6.45) is 4.40. The van der Waals surface area contributed by atoms with Crippen molar-refractivity contribution in [3.63, 3.8) is 0 Å². The van der Waals surface area contributed by atoms with Gasteiger partial charge in [0.2, 0.25) is 5.91 Å². The number of hydrogen-bond acceptors (Lipinski definition) is 3. The lowest BCUT2D eigenvalue weighted by Crippen LogP contribution is -2.55. The zero-order valence-electron chi connectivity index (χ0n) is 8.48. The Morgan fingerprint density at radius 3 is 2.57 bits per heavy atom. The van der Waals surface area contributed by atoms with Gasteiger partial charge in [0.25, 0.3) is 0 Å². The average Bonchev–Trinajstić information content (AvgIpc) is 2.44. The Morgan fingerprint density at radius 2 is 2.14 bits per heavy atom. The molecule has 1 aliphatic carbocycles. The van der Waals surface area contributed by atoms with Crippen molar-refractivity contribution in [2.45, 2.75) is 37.8 Å². The molecule has 0 bridgehead atoms. The fourth-order valence-corrected chi connectivity index (χ4v) is 2.59. The standard InChI is InChI=1S/C10H19N3O/c11-8-2-1-7(5-8)6-13-4-3-9(13)10(12)14/h7-9H,1-6,11H2,(H2,12,14)/t7-,8+,9?/m1/s1. The number of nitrogens with two attached hydrogens (primary N) is 2. The van der Waals surface area contributed by atoms with Crippen LogP contribution in [-0.4, -0.2) is 36.0 Å². The van der Waals surface area contributed by atoms with Crippen molar-refractivity contribution < 1.29 is 4.79 Å². The minimum absolute atomic E-state index is 0.00632. The maximum Gasteiger partial charge on any atom is 0.234 e. The predicted molar refractivity (Wildman–Crippen MR) is 54.5 cm³/mol. The van der Waals surface area contributed by atoms with Gasteiger partial charge in [0.05, 0.1) is 6.04 Å². The molecule has 1 heterocycles. The Kier molecular flexibility index (Phi) is 2.74. The van der Waals surface area contributed by atoms with Gasteiger partial charge in [-0.25, -0.2) is 0 Å². The summed E-state index contributed by atoms with van der Waals surface area (Å²) in [5, 5.41) is 0. The van der Waals surface area contributed by atoms with E-state index >= 15 is 0 Å². The molecule has 1 saturated heterocycles. The smallest absolute Gasteiger partial charge is 0.234 e. The van der Waals surface area contributed by atoms with Gasteiger partial charge in [-0.05, 0) is 31.6 Å². The van der Waals surface area contributed by atoms with E-state index in [0.29, 0.717) is 12.0 Å². The van der Waals surface area contributed by atoms with E-state index in [1.54, 1.807) is 0 Å². The fraction of sp³-hybridized carbons (Fsp3) is 0.900. The average molecular weight is 197 g/mol. The second-order valence-corrected chi connectivity index (χ2v) is 4.64. The van der Waals surface area contributed by atoms with Crippen LogP contribution >= 0.6 is 0 Å². The lowest BCUT2D eigenvalue weighted by Gasteiger charge is -2.40. The molecule has 0 aromatic rings. The molecule has 0 aromatic carbocycles. The summed E-state index contributed by atoms with van der Waals surface area (Å²) in [5.74, 6) is 0.519. The number of nitrogens with zero attached hydrogens (tertiary/aromatic N) is 1. The van der Waals surface area contributed by atoms with Crippen LogP contribution in [0.15, 0.2) is 0 Å². The highest BCUT2D eigenvalue weighted by Crippen LogP contribution is 2.28. The summed E-state index contributed by atoms with van der Waals surface area (Å²) in [6, 6.07) is 0.389. The van der Waals surface area contributed by atoms with Gasteiger partial charge >= 0.3 is 0 Å². The number of amides is 1. The lowest BCUT2D eigenvalue weighted by atomic mass is 9.98. The first-order valence-corrected chi connectivity index (χ1v) is 5.45. The first-order valence-electron chi connectivity index (χ1n) is 5.45. The molecule has 0 radical (unpaired) electrons. The van der Waals surface area contributed by atoms with Crippen molar-refractivity contribution in [1.29, 1.82) is 0 Å². The maximum atomic E-state index is 11.0. The van der Waals surface area contributed by atoms with E-state index in [9.17, 15) is 4.79 Å². The normalized spacial score (nSPS) is 38.2. The topological polar surface area (TPSA) is 72.4 Å². The van der Waals surface area contributed by atoms with Crippen LogP contribution < -0.4 is 11.5 Å². The molecule has 2 aliphatic rings. The minimum Gasteiger partial charge on any atom is -0.368 e. The van der Waals surface area contributed by atoms with Gasteiger partial charge < -0.3 is 11.5 Å². The second kappa shape index (κ2) is 3.87. The molecule has 0 spiro atoms. The highest BCUT2D eigenvalue weighted by molar-refractivity contribution is 5.80. The molecule has 1 amide bonds. The van der Waals surface area contributed by atoms with Crippen molar-refractivity contribution >= 4 is 5.91 Å². The van der Waals surface area contributed by atoms with E-state index in [4.69, 9.17) is 11.5 Å². The maximum absolute atomic E-state index is 11.0. The molecule has 1 unspecified atom stereocenters. The van der Waals surface area contributed by atoms with Gasteiger partial charge in [-0.15, -0.1) is 0 Å². The van der Waals surface area contributed by atoms with Crippen LogP contribution in [0.1, 0.15) is 25.7 Å². The third-order valence-electron chi connectivity index (χ3n) is 3.53. The number of primary amides is 1. The van der Waals surface area contributed by atoms with Crippen LogP contribution in [0.3, 0.4) is 0 Å². The molecule has 1 saturated carbocycles. The zero-order valence-corrected chi connectivity index (χ0v) is 8.48. The van der Waals surface area contributed by atoms with Crippen LogP contribution in [0, 0.1) is 5.92 Å². The third-order valence-corrected chi connectivity index (χ3v) is 3.53. The summed E-state index contributed by atoms with van der Waals surface area (Å²) < 4.78 is 0. The van der Waals surface area contributed by atoms with E-state index in [2.05, 4.69) is 4.90 Å². The molecule has 4 nitrogen and oxygen atoms in total. The fourth-order valence-electron chi connectivity index (χ4n) is 2.59. The van der Waals surface area contributed by atoms with Crippen LogP contribution in [0.4, 0.5) is 0 Å². The summed E-state index contributed by atoms with van der Waals surface area (Å²) >= 11 is 0. The first-order chi connectivity index (χ1) is 6.66. The van der Waals surface area contributed by atoms with Gasteiger partial charge in [-0.2, -0.15) is 0 Å². The zero-order chi connectivity index (χ0) is 10.1. The van der Waals surface area contributed by atoms with Gasteiger partial charge in [0.15, 0.2) is 0 Å². The molecule has 4 heteroatoms. The summed E-state index contributed by atoms with van der Waals surface area (Å²) in [4.78, 5) is 13.2. The van der Waals surface area contributed by atoms with Crippen molar-refractivity contribution in [1.82, 2.24) is 4.90 Å². The van der Waals surface area contributed by atoms with Gasteiger partial charge in [-0.3, -0.25) is 9.69 Å². The number of hydrogen-bond donors (Lipinski definition) is 2. The molecule has 2 rings (SSSR count). The van der Waals surface area contributed by atoms with Crippen LogP contribution in [0.2, 0.25) is 0 Å². The van der Waals surface area contributed by atoms with Gasteiger partial charge in [-0.1, -0.05) is 0 Å². The molecule has 4 N–H and O–H groups in total. The molecule has 2 fully saturated rings. The quantitative estimate of drug-likeness (QED) is 0.651. The van der Waals surface area contributed by atoms with Crippen LogP contribution in [-0.2, 0) is 4.79 Å². The van der Waals surface area contributed by atoms with Crippen LogP contribution in [0.25, 0.3) is 0 Å². The molecular formula is C10H19N3O. The van der Waals surface area contributed by atoms with Crippen LogP contribution in [0.5, 0.6) is 0 Å². The predicted octanol–water partition coefficient (Wildman–Crippen LogP) is -0.327. The van der Waals surface area contributed by atoms with Gasteiger partial charge in [0, 0.05) is 19.1 Å². The summed E-state index contributed by atoms with van der Waals surface area (Å²) in [5.41, 5.74) is 11.1. The molecule has 0 aromatic heterocycles. The van der Waals surface area contributed by atoms with E-state index < -0.39 is 0 Å². The molecule has 80 valence electrons. The van der Waals surface area contributed by atoms with Crippen molar-refractivity contribution in [2.24, 2.45) is 17.4 Å². The van der Waals surface area contributed by atoms with Crippen molar-refractivity contribution in [3.05, 3.63) is 0 Å². The molecule has 3 atom stereocenters. The monoisotopic (exact) mass is 197 g/mol. The Bertz CT molecular complexity index is 231. The second-order valence-electron chi connectivity index (χ2n) is 4.64. The first kappa shape index (κ1) is 9.93. The highest BCUT2D eigenvalue weighted by atomic mass is 16.1. The Morgan fingerprint density at radius 1 is 1.36 bits per heavy atom. The van der Waals surface area contributed by atoms with E-state index in [1.165, 1.54) is 6.42 Å². The minimum atomic E-state index is -0.168. The Hall–Kier alpha value is -0.610. The van der Waals surface area contributed by atoms with Crippen molar-refractivity contribution in [3.8, 4) is 0 Å². The third kappa shape index (κ3) is 1.91. The van der Waals surface area contributed by atoms with E-state index in [1.807, 2.05) is 0 Å². The van der Waals surface area contributed by atoms with Gasteiger partial charge in [0.1, 0.15) is 0 Å². The number of rotatable bonds is 3. The largest absolute Gasteiger partial charge is 0.368 e. The number of carbonyl (C=O) groups is 1. The Labute approximate surface area is 84.6 Å². The Balaban J connectivity index is 1.78. The number of likely N-dealkylation sites (tertiary alicyclic amines) is 1. The highest BCUT2D eigenvalue weighted by Gasteiger charge is 2.35. The molecular weight excluding hydrogens is 178 g/mol. The summed E-state index contributed by atoms with van der Waals surface area (Å²) in [7, 11) is 0. The SMILES string of the molecule is NC(=O)C1CCN1C[C@@H]1CC[C@H](N)C1. The van der Waals surface area contributed by atoms with E-state index in [0.717, 1.165) is 32.4 Å². The number of carbonyl (C=O) groups excluding carboxylic acids is 1. The summed E-state index contributed by atoms with van der Waals surface area (Å²) in [6.45, 7) is 2.04. The van der Waals surface area contributed by atoms with E-state index in [-0.39, 0.29) is 11.9 Å². The molecule has 1 aliphatic heterocycles.